The summed E-state index contributed by atoms with van der Waals surface area (Å²) in [4.78, 5) is 0. The lowest BCUT2D eigenvalue weighted by molar-refractivity contribution is 0.184. The third-order valence-electron chi connectivity index (χ3n) is 4.88. The molecule has 1 fully saturated rings. The fraction of sp³-hybridized carbons (Fsp3) is 0.647. The lowest BCUT2D eigenvalue weighted by Gasteiger charge is -2.17. The molecule has 3 nitrogen and oxygen atoms in total. The molecule has 1 aromatic carbocycles. The van der Waals surface area contributed by atoms with E-state index in [1.807, 2.05) is 12.1 Å². The summed E-state index contributed by atoms with van der Waals surface area (Å²) < 4.78 is 5.42. The number of rotatable bonds is 4. The molecular formula is C17H25NO2. The first-order chi connectivity index (χ1) is 9.66. The first kappa shape index (κ1) is 13.9. The number of hydrogen-bond donors (Lipinski definition) is 2. The second-order valence-electron chi connectivity index (χ2n) is 6.39. The van der Waals surface area contributed by atoms with Crippen LogP contribution in [0.1, 0.15) is 54.8 Å². The second-order valence-corrected chi connectivity index (χ2v) is 6.39. The van der Waals surface area contributed by atoms with Gasteiger partial charge in [-0.05, 0) is 61.8 Å². The molecule has 0 saturated carbocycles. The lowest BCUT2D eigenvalue weighted by Crippen LogP contribution is -2.22. The van der Waals surface area contributed by atoms with Gasteiger partial charge in [0.1, 0.15) is 5.75 Å². The number of phenolic OH excluding ortho intramolecular Hbond substituents is 1. The molecule has 3 unspecified atom stereocenters. The number of phenols is 1. The summed E-state index contributed by atoms with van der Waals surface area (Å²) in [6.45, 7) is 7.26. The molecule has 0 amide bonds. The molecule has 2 aliphatic rings. The zero-order valence-corrected chi connectivity index (χ0v) is 12.5. The van der Waals surface area contributed by atoms with Crippen molar-refractivity contribution in [3.8, 4) is 5.75 Å². The molecule has 1 aliphatic carbocycles. The molecule has 2 N–H and O–H groups in total. The molecule has 110 valence electrons. The van der Waals surface area contributed by atoms with Crippen LogP contribution < -0.4 is 5.32 Å². The smallest absolute Gasteiger partial charge is 0.120 e. The highest BCUT2D eigenvalue weighted by Gasteiger charge is 2.31. The molecule has 0 bridgehead atoms. The SMILES string of the molecule is Cc1ccc(O)c2c1C(C)CC2NCCC1CCOC1. The van der Waals surface area contributed by atoms with Crippen molar-refractivity contribution in [3.05, 3.63) is 28.8 Å². The minimum absolute atomic E-state index is 0.308. The zero-order valence-electron chi connectivity index (χ0n) is 12.5. The van der Waals surface area contributed by atoms with Gasteiger partial charge in [0, 0.05) is 24.8 Å². The summed E-state index contributed by atoms with van der Waals surface area (Å²) >= 11 is 0. The van der Waals surface area contributed by atoms with Crippen LogP contribution in [0.5, 0.6) is 5.75 Å². The fourth-order valence-corrected chi connectivity index (χ4v) is 3.80. The monoisotopic (exact) mass is 275 g/mol. The molecule has 1 aromatic rings. The minimum atomic E-state index is 0.308. The maximum Gasteiger partial charge on any atom is 0.120 e. The number of hydrogen-bond acceptors (Lipinski definition) is 3. The molecule has 3 heteroatoms. The van der Waals surface area contributed by atoms with E-state index in [2.05, 4.69) is 19.2 Å². The summed E-state index contributed by atoms with van der Waals surface area (Å²) in [7, 11) is 0. The maximum absolute atomic E-state index is 10.2. The quantitative estimate of drug-likeness (QED) is 0.886. The van der Waals surface area contributed by atoms with E-state index >= 15 is 0 Å². The van der Waals surface area contributed by atoms with E-state index in [9.17, 15) is 5.11 Å². The highest BCUT2D eigenvalue weighted by atomic mass is 16.5. The van der Waals surface area contributed by atoms with Crippen molar-refractivity contribution in [2.45, 2.75) is 45.1 Å². The van der Waals surface area contributed by atoms with Gasteiger partial charge in [-0.2, -0.15) is 0 Å². The van der Waals surface area contributed by atoms with Gasteiger partial charge in [0.25, 0.3) is 0 Å². The van der Waals surface area contributed by atoms with Gasteiger partial charge in [-0.25, -0.2) is 0 Å². The van der Waals surface area contributed by atoms with Crippen LogP contribution in [0, 0.1) is 12.8 Å². The first-order valence-electron chi connectivity index (χ1n) is 7.80. The average Bonchev–Trinajstić information content (AvgIpc) is 3.03. The summed E-state index contributed by atoms with van der Waals surface area (Å²) in [5.41, 5.74) is 3.80. The first-order valence-corrected chi connectivity index (χ1v) is 7.80. The average molecular weight is 275 g/mol. The summed E-state index contributed by atoms with van der Waals surface area (Å²) in [6.07, 6.45) is 3.46. The van der Waals surface area contributed by atoms with Crippen molar-refractivity contribution in [2.75, 3.05) is 19.8 Å². The molecule has 0 radical (unpaired) electrons. The molecule has 1 aliphatic heterocycles. The number of aryl methyl sites for hydroxylation is 1. The number of aromatic hydroxyl groups is 1. The Kier molecular flexibility index (Phi) is 3.99. The van der Waals surface area contributed by atoms with Crippen molar-refractivity contribution in [2.24, 2.45) is 5.92 Å². The lowest BCUT2D eigenvalue weighted by atomic mass is 9.97. The van der Waals surface area contributed by atoms with E-state index in [-0.39, 0.29) is 0 Å². The van der Waals surface area contributed by atoms with Crippen LogP contribution in [-0.4, -0.2) is 24.9 Å². The van der Waals surface area contributed by atoms with Crippen LogP contribution in [0.15, 0.2) is 12.1 Å². The summed E-state index contributed by atoms with van der Waals surface area (Å²) in [6, 6.07) is 4.18. The van der Waals surface area contributed by atoms with Crippen molar-refractivity contribution in [1.82, 2.24) is 5.32 Å². The highest BCUT2D eigenvalue weighted by Crippen LogP contribution is 2.45. The van der Waals surface area contributed by atoms with E-state index in [1.54, 1.807) is 0 Å². The van der Waals surface area contributed by atoms with E-state index in [1.165, 1.54) is 24.0 Å². The van der Waals surface area contributed by atoms with Crippen LogP contribution in [0.4, 0.5) is 0 Å². The number of fused-ring (bicyclic) bond motifs is 1. The molecule has 0 aromatic heterocycles. The van der Waals surface area contributed by atoms with Crippen LogP contribution in [0.3, 0.4) is 0 Å². The molecule has 3 atom stereocenters. The molecule has 20 heavy (non-hydrogen) atoms. The minimum Gasteiger partial charge on any atom is -0.508 e. The van der Waals surface area contributed by atoms with E-state index in [0.717, 1.165) is 31.7 Å². The van der Waals surface area contributed by atoms with Crippen molar-refractivity contribution in [3.63, 3.8) is 0 Å². The second kappa shape index (κ2) is 5.74. The Hall–Kier alpha value is -1.06. The Labute approximate surface area is 121 Å². The maximum atomic E-state index is 10.2. The Balaban J connectivity index is 1.66. The van der Waals surface area contributed by atoms with E-state index in [0.29, 0.717) is 23.6 Å². The fourth-order valence-electron chi connectivity index (χ4n) is 3.80. The van der Waals surface area contributed by atoms with Gasteiger partial charge in [0.15, 0.2) is 0 Å². The number of nitrogens with one attached hydrogen (secondary N) is 1. The van der Waals surface area contributed by atoms with Gasteiger partial charge in [-0.3, -0.25) is 0 Å². The topological polar surface area (TPSA) is 41.5 Å². The molecule has 0 spiro atoms. The van der Waals surface area contributed by atoms with Gasteiger partial charge in [-0.1, -0.05) is 13.0 Å². The van der Waals surface area contributed by atoms with Gasteiger partial charge >= 0.3 is 0 Å². The predicted octanol–water partition coefficient (Wildman–Crippen LogP) is 3.27. The summed E-state index contributed by atoms with van der Waals surface area (Å²) in [5.74, 6) is 1.70. The molecule has 1 saturated heterocycles. The van der Waals surface area contributed by atoms with Crippen molar-refractivity contribution >= 4 is 0 Å². The summed E-state index contributed by atoms with van der Waals surface area (Å²) in [5, 5.41) is 13.8. The third-order valence-corrected chi connectivity index (χ3v) is 4.88. The van der Waals surface area contributed by atoms with Gasteiger partial charge in [-0.15, -0.1) is 0 Å². The Morgan fingerprint density at radius 2 is 2.20 bits per heavy atom. The van der Waals surface area contributed by atoms with E-state index in [4.69, 9.17) is 4.74 Å². The number of benzene rings is 1. The van der Waals surface area contributed by atoms with Crippen LogP contribution in [0.25, 0.3) is 0 Å². The molecule has 3 rings (SSSR count). The molecule has 1 heterocycles. The van der Waals surface area contributed by atoms with E-state index < -0.39 is 0 Å². The predicted molar refractivity (Wildman–Crippen MR) is 80.2 cm³/mol. The highest BCUT2D eigenvalue weighted by molar-refractivity contribution is 5.50. The molecular weight excluding hydrogens is 250 g/mol. The van der Waals surface area contributed by atoms with Gasteiger partial charge in [0.05, 0.1) is 0 Å². The van der Waals surface area contributed by atoms with Gasteiger partial charge in [0.2, 0.25) is 0 Å². The number of ether oxygens (including phenoxy) is 1. The van der Waals surface area contributed by atoms with Crippen LogP contribution in [0.2, 0.25) is 0 Å². The van der Waals surface area contributed by atoms with Crippen LogP contribution in [-0.2, 0) is 4.74 Å². The standard InChI is InChI=1S/C17H25NO2/c1-11-3-4-15(19)17-14(9-12(2)16(11)17)18-7-5-13-6-8-20-10-13/h3-4,12-14,18-19H,5-10H2,1-2H3. The Bertz CT molecular complexity index is 480. The Morgan fingerprint density at radius 3 is 2.95 bits per heavy atom. The zero-order chi connectivity index (χ0) is 14.1. The van der Waals surface area contributed by atoms with Gasteiger partial charge < -0.3 is 15.2 Å². The third kappa shape index (κ3) is 2.57. The van der Waals surface area contributed by atoms with Crippen molar-refractivity contribution < 1.29 is 9.84 Å². The largest absolute Gasteiger partial charge is 0.508 e. The van der Waals surface area contributed by atoms with Crippen molar-refractivity contribution in [1.29, 1.82) is 0 Å². The van der Waals surface area contributed by atoms with Crippen LogP contribution >= 0.6 is 0 Å². The Morgan fingerprint density at radius 1 is 1.35 bits per heavy atom. The normalized spacial score (nSPS) is 28.8.